The van der Waals surface area contributed by atoms with Crippen molar-refractivity contribution in [2.45, 2.75) is 12.2 Å². The number of nitrogens with one attached hydrogen (secondary N) is 1. The normalized spacial score (nSPS) is 23.6. The van der Waals surface area contributed by atoms with Gasteiger partial charge in [-0.25, -0.2) is 0 Å². The molecule has 1 aromatic carbocycles. The van der Waals surface area contributed by atoms with Gasteiger partial charge in [0, 0.05) is 32.2 Å². The average molecular weight is 332 g/mol. The molecule has 0 aliphatic carbocycles. The molecule has 2 fully saturated rings. The van der Waals surface area contributed by atoms with Gasteiger partial charge in [-0.1, -0.05) is 23.7 Å². The van der Waals surface area contributed by atoms with Crippen LogP contribution in [0.25, 0.3) is 0 Å². The first-order valence-electron chi connectivity index (χ1n) is 7.76. The molecule has 1 N–H and O–H groups in total. The van der Waals surface area contributed by atoms with Crippen molar-refractivity contribution >= 4 is 17.3 Å². The van der Waals surface area contributed by atoms with Gasteiger partial charge in [-0.15, -0.1) is 0 Å². The van der Waals surface area contributed by atoms with Gasteiger partial charge >= 0.3 is 0 Å². The molecular weight excluding hydrogens is 314 g/mol. The van der Waals surface area contributed by atoms with Gasteiger partial charge in [-0.05, 0) is 12.1 Å². The summed E-state index contributed by atoms with van der Waals surface area (Å²) in [6.07, 6.45) is 4.04. The van der Waals surface area contributed by atoms with E-state index in [1.165, 1.54) is 0 Å². The predicted octanol–water partition coefficient (Wildman–Crippen LogP) is 2.70. The number of pyridine rings is 1. The molecule has 0 amide bonds. The van der Waals surface area contributed by atoms with Crippen molar-refractivity contribution in [1.29, 1.82) is 0 Å². The molecule has 2 bridgehead atoms. The lowest BCUT2D eigenvalue weighted by atomic mass is 10.1. The molecule has 1 aromatic heterocycles. The Balaban J connectivity index is 1.53. The second-order valence-electron chi connectivity index (χ2n) is 5.85. The van der Waals surface area contributed by atoms with E-state index in [-0.39, 0.29) is 12.2 Å². The number of halogens is 1. The number of rotatable bonds is 3. The Kier molecular flexibility index (Phi) is 4.08. The minimum Gasteiger partial charge on any atom is -0.454 e. The molecule has 0 radical (unpaired) electrons. The van der Waals surface area contributed by atoms with E-state index in [2.05, 4.69) is 15.2 Å². The van der Waals surface area contributed by atoms with Gasteiger partial charge < -0.3 is 19.7 Å². The SMILES string of the molecule is Clc1ccccc1Oc1cncc(N2CC3CNCC(C2)O3)c1. The number of hydrogen-bond donors (Lipinski definition) is 1. The molecule has 2 unspecified atom stereocenters. The number of morpholine rings is 2. The van der Waals surface area contributed by atoms with Crippen molar-refractivity contribution in [3.8, 4) is 11.5 Å². The Hall–Kier alpha value is -1.82. The lowest BCUT2D eigenvalue weighted by Crippen LogP contribution is -2.58. The number of nitrogens with zero attached hydrogens (tertiary/aromatic N) is 2. The van der Waals surface area contributed by atoms with Crippen LogP contribution in [-0.2, 0) is 4.74 Å². The van der Waals surface area contributed by atoms with Crippen LogP contribution in [0.5, 0.6) is 11.5 Å². The van der Waals surface area contributed by atoms with E-state index in [0.29, 0.717) is 16.5 Å². The maximum absolute atomic E-state index is 6.15. The summed E-state index contributed by atoms with van der Waals surface area (Å²) in [6.45, 7) is 3.52. The summed E-state index contributed by atoms with van der Waals surface area (Å²) in [5.74, 6) is 1.32. The zero-order valence-electron chi connectivity index (χ0n) is 12.6. The lowest BCUT2D eigenvalue weighted by Gasteiger charge is -2.42. The summed E-state index contributed by atoms with van der Waals surface area (Å²) >= 11 is 6.15. The second kappa shape index (κ2) is 6.35. The second-order valence-corrected chi connectivity index (χ2v) is 6.26. The quantitative estimate of drug-likeness (QED) is 0.937. The zero-order valence-corrected chi connectivity index (χ0v) is 13.4. The number of ether oxygens (including phenoxy) is 2. The molecule has 3 heterocycles. The summed E-state index contributed by atoms with van der Waals surface area (Å²) in [7, 11) is 0. The van der Waals surface area contributed by atoms with Gasteiger partial charge in [-0.3, -0.25) is 4.98 Å². The fourth-order valence-electron chi connectivity index (χ4n) is 3.06. The molecule has 120 valence electrons. The van der Waals surface area contributed by atoms with E-state index in [1.807, 2.05) is 36.5 Å². The van der Waals surface area contributed by atoms with Crippen LogP contribution in [0.4, 0.5) is 5.69 Å². The minimum absolute atomic E-state index is 0.232. The molecule has 2 saturated heterocycles. The smallest absolute Gasteiger partial charge is 0.147 e. The molecule has 2 aliphatic rings. The van der Waals surface area contributed by atoms with Crippen LogP contribution >= 0.6 is 11.6 Å². The van der Waals surface area contributed by atoms with Crippen LogP contribution < -0.4 is 15.0 Å². The van der Waals surface area contributed by atoms with Crippen molar-refractivity contribution in [3.05, 3.63) is 47.7 Å². The Bertz CT molecular complexity index is 685. The zero-order chi connectivity index (χ0) is 15.6. The van der Waals surface area contributed by atoms with E-state index in [1.54, 1.807) is 6.20 Å². The molecule has 0 spiro atoms. The Morgan fingerprint density at radius 3 is 2.74 bits per heavy atom. The fourth-order valence-corrected chi connectivity index (χ4v) is 3.23. The van der Waals surface area contributed by atoms with E-state index >= 15 is 0 Å². The van der Waals surface area contributed by atoms with Gasteiger partial charge in [0.15, 0.2) is 0 Å². The van der Waals surface area contributed by atoms with Crippen molar-refractivity contribution in [2.24, 2.45) is 0 Å². The van der Waals surface area contributed by atoms with Crippen LogP contribution in [-0.4, -0.2) is 43.4 Å². The Morgan fingerprint density at radius 2 is 1.96 bits per heavy atom. The van der Waals surface area contributed by atoms with Crippen molar-refractivity contribution in [3.63, 3.8) is 0 Å². The summed E-state index contributed by atoms with van der Waals surface area (Å²) in [4.78, 5) is 6.63. The van der Waals surface area contributed by atoms with E-state index in [9.17, 15) is 0 Å². The molecule has 23 heavy (non-hydrogen) atoms. The molecular formula is C17H18ClN3O2. The van der Waals surface area contributed by atoms with Gasteiger partial charge in [-0.2, -0.15) is 0 Å². The molecule has 6 heteroatoms. The Labute approximate surface area is 140 Å². The highest BCUT2D eigenvalue weighted by molar-refractivity contribution is 6.32. The highest BCUT2D eigenvalue weighted by Gasteiger charge is 2.31. The van der Waals surface area contributed by atoms with Crippen LogP contribution in [0.15, 0.2) is 42.7 Å². The lowest BCUT2D eigenvalue weighted by molar-refractivity contribution is -0.0484. The molecule has 2 aromatic rings. The van der Waals surface area contributed by atoms with Gasteiger partial charge in [0.25, 0.3) is 0 Å². The molecule has 4 rings (SSSR count). The average Bonchev–Trinajstić information content (AvgIpc) is 2.57. The number of para-hydroxylation sites is 1. The van der Waals surface area contributed by atoms with E-state index in [4.69, 9.17) is 21.1 Å². The van der Waals surface area contributed by atoms with Gasteiger partial charge in [0.1, 0.15) is 11.5 Å². The first-order chi connectivity index (χ1) is 11.3. The highest BCUT2D eigenvalue weighted by Crippen LogP contribution is 2.31. The molecule has 2 aliphatic heterocycles. The maximum Gasteiger partial charge on any atom is 0.147 e. The summed E-state index contributed by atoms with van der Waals surface area (Å²) in [6, 6.07) is 9.44. The summed E-state index contributed by atoms with van der Waals surface area (Å²) in [5.41, 5.74) is 1.05. The summed E-state index contributed by atoms with van der Waals surface area (Å²) in [5, 5.41) is 3.99. The standard InChI is InChI=1S/C17H18ClN3O2/c18-16-3-1-2-4-17(16)23-13-5-12(6-19-7-13)21-10-14-8-20-9-15(11-21)22-14/h1-7,14-15,20H,8-11H2. The molecule has 5 nitrogen and oxygen atoms in total. The monoisotopic (exact) mass is 331 g/mol. The maximum atomic E-state index is 6.15. The minimum atomic E-state index is 0.232. The highest BCUT2D eigenvalue weighted by atomic mass is 35.5. The van der Waals surface area contributed by atoms with Gasteiger partial charge in [0.05, 0.1) is 35.3 Å². The van der Waals surface area contributed by atoms with Crippen LogP contribution in [0, 0.1) is 0 Å². The Morgan fingerprint density at radius 1 is 1.17 bits per heavy atom. The molecule has 2 atom stereocenters. The number of benzene rings is 1. The largest absolute Gasteiger partial charge is 0.454 e. The van der Waals surface area contributed by atoms with Crippen molar-refractivity contribution in [2.75, 3.05) is 31.1 Å². The number of hydrogen-bond acceptors (Lipinski definition) is 5. The number of anilines is 1. The van der Waals surface area contributed by atoms with E-state index in [0.717, 1.165) is 31.9 Å². The van der Waals surface area contributed by atoms with Crippen molar-refractivity contribution < 1.29 is 9.47 Å². The third-order valence-corrected chi connectivity index (χ3v) is 4.42. The number of aromatic nitrogens is 1. The third kappa shape index (κ3) is 3.27. The first kappa shape index (κ1) is 14.8. The van der Waals surface area contributed by atoms with Gasteiger partial charge in [0.2, 0.25) is 0 Å². The molecule has 0 saturated carbocycles. The third-order valence-electron chi connectivity index (χ3n) is 4.11. The summed E-state index contributed by atoms with van der Waals surface area (Å²) < 4.78 is 11.8. The van der Waals surface area contributed by atoms with E-state index < -0.39 is 0 Å². The van der Waals surface area contributed by atoms with Crippen molar-refractivity contribution in [1.82, 2.24) is 10.3 Å². The fraction of sp³-hybridized carbons (Fsp3) is 0.353. The predicted molar refractivity (Wildman–Crippen MR) is 89.5 cm³/mol. The van der Waals surface area contributed by atoms with Crippen LogP contribution in [0.3, 0.4) is 0 Å². The van der Waals surface area contributed by atoms with Crippen LogP contribution in [0.2, 0.25) is 5.02 Å². The topological polar surface area (TPSA) is 46.6 Å². The number of fused-ring (bicyclic) bond motifs is 2. The first-order valence-corrected chi connectivity index (χ1v) is 8.14. The van der Waals surface area contributed by atoms with Crippen LogP contribution in [0.1, 0.15) is 0 Å².